The molecule has 41 heavy (non-hydrogen) atoms. The number of rotatable bonds is 6. The Balaban J connectivity index is 1.45. The SMILES string of the molecule is N#CC1(NC(=O)C2CC(S(=O)(=O)c3ccc(N4CCC(F)(F)C4)cc3C(F)(F)F)CC2C(=O)N2CC(F)(F)C2)CC1. The first-order valence-electron chi connectivity index (χ1n) is 12.8. The summed E-state index contributed by atoms with van der Waals surface area (Å²) in [5.41, 5.74) is -3.02. The summed E-state index contributed by atoms with van der Waals surface area (Å²) in [6.07, 6.45) is -6.33. The first-order valence-corrected chi connectivity index (χ1v) is 14.4. The van der Waals surface area contributed by atoms with Crippen molar-refractivity contribution in [3.05, 3.63) is 23.8 Å². The van der Waals surface area contributed by atoms with Crippen molar-refractivity contribution >= 4 is 27.3 Å². The van der Waals surface area contributed by atoms with Gasteiger partial charge in [-0.25, -0.2) is 26.0 Å². The zero-order chi connectivity index (χ0) is 30.2. The van der Waals surface area contributed by atoms with Gasteiger partial charge in [0.05, 0.1) is 53.2 Å². The van der Waals surface area contributed by atoms with E-state index in [1.807, 2.05) is 6.07 Å². The summed E-state index contributed by atoms with van der Waals surface area (Å²) >= 11 is 0. The number of sulfone groups is 1. The molecule has 16 heteroatoms. The molecule has 0 radical (unpaired) electrons. The second-order valence-corrected chi connectivity index (χ2v) is 13.5. The number of hydrogen-bond acceptors (Lipinski definition) is 6. The molecule has 0 bridgehead atoms. The van der Waals surface area contributed by atoms with E-state index in [1.165, 1.54) is 0 Å². The maximum atomic E-state index is 14.1. The molecule has 4 aliphatic rings. The lowest BCUT2D eigenvalue weighted by Gasteiger charge is -2.40. The molecule has 1 N–H and O–H groups in total. The van der Waals surface area contributed by atoms with E-state index in [2.05, 4.69) is 5.32 Å². The average molecular weight is 611 g/mol. The van der Waals surface area contributed by atoms with Crippen LogP contribution >= 0.6 is 0 Å². The van der Waals surface area contributed by atoms with Gasteiger partial charge in [-0.2, -0.15) is 18.4 Å². The third-order valence-corrected chi connectivity index (χ3v) is 10.4. The maximum absolute atomic E-state index is 14.1. The van der Waals surface area contributed by atoms with Crippen LogP contribution < -0.4 is 10.2 Å². The predicted octanol–water partition coefficient (Wildman–Crippen LogP) is 3.37. The highest BCUT2D eigenvalue weighted by atomic mass is 32.2. The average Bonchev–Trinajstić information content (AvgIpc) is 3.31. The van der Waals surface area contributed by atoms with E-state index in [0.29, 0.717) is 25.0 Å². The van der Waals surface area contributed by atoms with Gasteiger partial charge in [0.15, 0.2) is 9.84 Å². The normalized spacial score (nSPS) is 28.1. The maximum Gasteiger partial charge on any atom is 0.417 e. The molecule has 224 valence electrons. The van der Waals surface area contributed by atoms with Crippen LogP contribution in [-0.2, 0) is 25.6 Å². The van der Waals surface area contributed by atoms with Crippen molar-refractivity contribution in [1.82, 2.24) is 10.2 Å². The number of hydrogen-bond donors (Lipinski definition) is 1. The number of likely N-dealkylation sites (tertiary alicyclic amines) is 1. The van der Waals surface area contributed by atoms with Crippen LogP contribution in [0.15, 0.2) is 23.1 Å². The molecule has 2 aliphatic heterocycles. The molecule has 2 amide bonds. The summed E-state index contributed by atoms with van der Waals surface area (Å²) < 4.78 is 124. The molecule has 2 saturated heterocycles. The Morgan fingerprint density at radius 1 is 0.976 bits per heavy atom. The Morgan fingerprint density at radius 3 is 2.12 bits per heavy atom. The van der Waals surface area contributed by atoms with Gasteiger partial charge in [-0.05, 0) is 43.9 Å². The zero-order valence-electron chi connectivity index (χ0n) is 21.4. The summed E-state index contributed by atoms with van der Waals surface area (Å²) in [5.74, 6) is -10.8. The number of benzene rings is 1. The molecule has 4 fully saturated rings. The van der Waals surface area contributed by atoms with Crippen molar-refractivity contribution < 1.29 is 48.7 Å². The van der Waals surface area contributed by atoms with Gasteiger partial charge in [0.2, 0.25) is 11.8 Å². The van der Waals surface area contributed by atoms with Gasteiger partial charge in [-0.1, -0.05) is 0 Å². The number of nitriles is 1. The van der Waals surface area contributed by atoms with Gasteiger partial charge in [0, 0.05) is 18.7 Å². The van der Waals surface area contributed by atoms with Crippen molar-refractivity contribution in [2.24, 2.45) is 11.8 Å². The monoisotopic (exact) mass is 610 g/mol. The summed E-state index contributed by atoms with van der Waals surface area (Å²) in [7, 11) is -4.87. The largest absolute Gasteiger partial charge is 0.417 e. The van der Waals surface area contributed by atoms with Gasteiger partial charge >= 0.3 is 6.18 Å². The van der Waals surface area contributed by atoms with Gasteiger partial charge in [-0.3, -0.25) is 9.59 Å². The Kier molecular flexibility index (Phi) is 6.79. The van der Waals surface area contributed by atoms with Crippen molar-refractivity contribution in [2.45, 2.75) is 65.8 Å². The molecular formula is C25H25F7N4O4S. The van der Waals surface area contributed by atoms with Crippen LogP contribution in [0, 0.1) is 23.2 Å². The van der Waals surface area contributed by atoms with Crippen LogP contribution in [-0.4, -0.2) is 73.9 Å². The minimum atomic E-state index is -5.19. The van der Waals surface area contributed by atoms with Crippen LogP contribution in [0.3, 0.4) is 0 Å². The highest BCUT2D eigenvalue weighted by Gasteiger charge is 2.56. The number of carbonyl (C=O) groups is 2. The van der Waals surface area contributed by atoms with Gasteiger partial charge in [-0.15, -0.1) is 0 Å². The van der Waals surface area contributed by atoms with Crippen LogP contribution in [0.1, 0.15) is 37.7 Å². The number of anilines is 1. The summed E-state index contributed by atoms with van der Waals surface area (Å²) in [4.78, 5) is 26.8. The first-order chi connectivity index (χ1) is 18.9. The van der Waals surface area contributed by atoms with Crippen molar-refractivity contribution in [3.63, 3.8) is 0 Å². The fraction of sp³-hybridized carbons (Fsp3) is 0.640. The molecule has 8 nitrogen and oxygen atoms in total. The van der Waals surface area contributed by atoms with Gasteiger partial charge in [0.1, 0.15) is 5.54 Å². The van der Waals surface area contributed by atoms with Crippen molar-refractivity contribution in [2.75, 3.05) is 31.1 Å². The number of nitrogens with one attached hydrogen (secondary N) is 1. The summed E-state index contributed by atoms with van der Waals surface area (Å²) in [6, 6.07) is 4.08. The predicted molar refractivity (Wildman–Crippen MR) is 128 cm³/mol. The van der Waals surface area contributed by atoms with E-state index < -0.39 is 112 Å². The standard InChI is InChI=1S/C25H25F7N4O4S/c26-23(27)5-6-35(11-23)14-1-2-19(18(7-14)25(30,31)32)41(39,40)15-8-16(20(37)34-22(10-33)3-4-22)17(9-15)21(38)36-12-24(28,29)13-36/h1-2,7,15-17H,3-6,8-9,11-13H2,(H,34,37). The number of carbonyl (C=O) groups excluding carboxylic acids is 2. The Morgan fingerprint density at radius 2 is 1.61 bits per heavy atom. The summed E-state index contributed by atoms with van der Waals surface area (Å²) in [6.45, 7) is -2.95. The molecule has 1 aromatic rings. The number of alkyl halides is 7. The van der Waals surface area contributed by atoms with Crippen LogP contribution in [0.25, 0.3) is 0 Å². The molecule has 3 atom stereocenters. The minimum Gasteiger partial charge on any atom is -0.365 e. The van der Waals surface area contributed by atoms with E-state index in [-0.39, 0.29) is 12.2 Å². The molecular weight excluding hydrogens is 585 g/mol. The van der Waals surface area contributed by atoms with E-state index in [9.17, 15) is 54.0 Å². The molecule has 1 aromatic carbocycles. The van der Waals surface area contributed by atoms with Gasteiger partial charge < -0.3 is 15.1 Å². The topological polar surface area (TPSA) is 111 Å². The fourth-order valence-electron chi connectivity index (χ4n) is 5.75. The second-order valence-electron chi connectivity index (χ2n) is 11.3. The number of halogens is 7. The van der Waals surface area contributed by atoms with Crippen LogP contribution in [0.2, 0.25) is 0 Å². The number of amides is 2. The highest BCUT2D eigenvalue weighted by molar-refractivity contribution is 7.92. The lowest BCUT2D eigenvalue weighted by atomic mass is 9.92. The van der Waals surface area contributed by atoms with Crippen LogP contribution in [0.4, 0.5) is 36.4 Å². The molecule has 5 rings (SSSR count). The molecule has 3 unspecified atom stereocenters. The Hall–Kier alpha value is -3.09. The van der Waals surface area contributed by atoms with E-state index >= 15 is 0 Å². The third kappa shape index (κ3) is 5.56. The number of nitrogens with zero attached hydrogens (tertiary/aromatic N) is 3. The molecule has 2 aliphatic carbocycles. The Bertz CT molecular complexity index is 1410. The fourth-order valence-corrected chi connectivity index (χ4v) is 7.77. The lowest BCUT2D eigenvalue weighted by molar-refractivity contribution is -0.171. The smallest absolute Gasteiger partial charge is 0.365 e. The highest BCUT2D eigenvalue weighted by Crippen LogP contribution is 2.46. The first kappa shape index (κ1) is 29.4. The van der Waals surface area contributed by atoms with E-state index in [0.717, 1.165) is 15.9 Å². The van der Waals surface area contributed by atoms with Crippen LogP contribution in [0.5, 0.6) is 0 Å². The lowest BCUT2D eigenvalue weighted by Crippen LogP contribution is -2.60. The third-order valence-electron chi connectivity index (χ3n) is 8.20. The molecule has 2 saturated carbocycles. The molecule has 2 heterocycles. The summed E-state index contributed by atoms with van der Waals surface area (Å²) in [5, 5.41) is 10.1. The second kappa shape index (κ2) is 9.47. The van der Waals surface area contributed by atoms with Crippen molar-refractivity contribution in [3.8, 4) is 6.07 Å². The molecule has 0 aromatic heterocycles. The minimum absolute atomic E-state index is 0.237. The van der Waals surface area contributed by atoms with Crippen molar-refractivity contribution in [1.29, 1.82) is 5.26 Å². The van der Waals surface area contributed by atoms with E-state index in [1.54, 1.807) is 0 Å². The Labute approximate surface area is 230 Å². The zero-order valence-corrected chi connectivity index (χ0v) is 22.2. The molecule has 0 spiro atoms. The van der Waals surface area contributed by atoms with E-state index in [4.69, 9.17) is 0 Å². The quantitative estimate of drug-likeness (QED) is 0.495. The van der Waals surface area contributed by atoms with Gasteiger partial charge in [0.25, 0.3) is 11.8 Å².